The van der Waals surface area contributed by atoms with Gasteiger partial charge in [-0.05, 0) is 72.5 Å². The van der Waals surface area contributed by atoms with E-state index in [1.165, 1.54) is 12.1 Å². The molecule has 0 aliphatic rings. The zero-order valence-corrected chi connectivity index (χ0v) is 20.8. The molecule has 8 heteroatoms. The summed E-state index contributed by atoms with van der Waals surface area (Å²) in [4.78, 5) is 0. The maximum absolute atomic E-state index is 12.7. The SMILES string of the molecule is Cc1noc(-c2ccc(Br)cc2)c1NCC(C)c1ccc(OCc2ccc(C(F)(F)F)cc2)cc1. The van der Waals surface area contributed by atoms with Crippen LogP contribution in [0.5, 0.6) is 5.75 Å². The molecule has 182 valence electrons. The predicted octanol–water partition coefficient (Wildman–Crippen LogP) is 8.23. The van der Waals surface area contributed by atoms with Crippen LogP contribution in [0.25, 0.3) is 11.3 Å². The monoisotopic (exact) mass is 544 g/mol. The predicted molar refractivity (Wildman–Crippen MR) is 133 cm³/mol. The number of nitrogens with one attached hydrogen (secondary N) is 1. The van der Waals surface area contributed by atoms with E-state index < -0.39 is 11.7 Å². The quantitative estimate of drug-likeness (QED) is 0.242. The van der Waals surface area contributed by atoms with Crippen LogP contribution in [0.2, 0.25) is 0 Å². The Hall–Kier alpha value is -3.26. The Bertz CT molecular complexity index is 1250. The summed E-state index contributed by atoms with van der Waals surface area (Å²) in [5, 5.41) is 7.59. The number of benzene rings is 3. The average molecular weight is 545 g/mol. The third kappa shape index (κ3) is 6.25. The van der Waals surface area contributed by atoms with E-state index in [1.54, 1.807) is 0 Å². The Morgan fingerprint density at radius 3 is 2.26 bits per heavy atom. The molecule has 0 aliphatic heterocycles. The summed E-state index contributed by atoms with van der Waals surface area (Å²) in [5.74, 6) is 1.56. The normalized spacial score (nSPS) is 12.4. The second kappa shape index (κ2) is 10.6. The highest BCUT2D eigenvalue weighted by molar-refractivity contribution is 9.10. The molecule has 0 aliphatic carbocycles. The molecule has 0 radical (unpaired) electrons. The molecule has 0 amide bonds. The van der Waals surface area contributed by atoms with Crippen molar-refractivity contribution >= 4 is 21.6 Å². The topological polar surface area (TPSA) is 47.3 Å². The van der Waals surface area contributed by atoms with Crippen molar-refractivity contribution in [1.82, 2.24) is 5.16 Å². The Labute approximate surface area is 210 Å². The lowest BCUT2D eigenvalue weighted by molar-refractivity contribution is -0.137. The van der Waals surface area contributed by atoms with E-state index in [2.05, 4.69) is 33.3 Å². The van der Waals surface area contributed by atoms with Gasteiger partial charge < -0.3 is 14.6 Å². The number of hydrogen-bond donors (Lipinski definition) is 1. The maximum Gasteiger partial charge on any atom is 0.416 e. The highest BCUT2D eigenvalue weighted by Crippen LogP contribution is 2.33. The summed E-state index contributed by atoms with van der Waals surface area (Å²) in [6.45, 7) is 4.90. The highest BCUT2D eigenvalue weighted by atomic mass is 79.9. The fourth-order valence-corrected chi connectivity index (χ4v) is 3.86. The van der Waals surface area contributed by atoms with Gasteiger partial charge in [0.1, 0.15) is 23.7 Å². The summed E-state index contributed by atoms with van der Waals surface area (Å²) >= 11 is 3.44. The van der Waals surface area contributed by atoms with Crippen molar-refractivity contribution in [1.29, 1.82) is 0 Å². The van der Waals surface area contributed by atoms with Crippen LogP contribution in [0.3, 0.4) is 0 Å². The molecular weight excluding hydrogens is 521 g/mol. The molecule has 1 aromatic heterocycles. The van der Waals surface area contributed by atoms with Crippen molar-refractivity contribution in [3.05, 3.63) is 99.7 Å². The first-order chi connectivity index (χ1) is 16.7. The van der Waals surface area contributed by atoms with Gasteiger partial charge in [0.15, 0.2) is 5.76 Å². The van der Waals surface area contributed by atoms with Crippen LogP contribution < -0.4 is 10.1 Å². The average Bonchev–Trinajstić information content (AvgIpc) is 3.22. The van der Waals surface area contributed by atoms with Gasteiger partial charge in [0.05, 0.1) is 5.56 Å². The van der Waals surface area contributed by atoms with Crippen LogP contribution in [0.4, 0.5) is 18.9 Å². The van der Waals surface area contributed by atoms with Crippen molar-refractivity contribution in [2.75, 3.05) is 11.9 Å². The number of anilines is 1. The van der Waals surface area contributed by atoms with E-state index in [9.17, 15) is 13.2 Å². The van der Waals surface area contributed by atoms with Crippen LogP contribution in [0.1, 0.15) is 35.2 Å². The van der Waals surface area contributed by atoms with E-state index in [1.807, 2.05) is 55.5 Å². The van der Waals surface area contributed by atoms with Crippen LogP contribution in [-0.2, 0) is 12.8 Å². The first kappa shape index (κ1) is 24.9. The number of nitrogens with zero attached hydrogens (tertiary/aromatic N) is 1. The van der Waals surface area contributed by atoms with E-state index in [0.717, 1.165) is 39.1 Å². The van der Waals surface area contributed by atoms with Gasteiger partial charge in [-0.3, -0.25) is 0 Å². The number of alkyl halides is 3. The third-order valence-corrected chi connectivity index (χ3v) is 6.22. The fraction of sp³-hybridized carbons (Fsp3) is 0.222. The molecule has 4 aromatic rings. The third-order valence-electron chi connectivity index (χ3n) is 5.69. The Morgan fingerprint density at radius 1 is 0.971 bits per heavy atom. The molecule has 0 spiro atoms. The van der Waals surface area contributed by atoms with Gasteiger partial charge in [0.25, 0.3) is 0 Å². The minimum Gasteiger partial charge on any atom is -0.489 e. The molecule has 4 nitrogen and oxygen atoms in total. The molecule has 0 saturated carbocycles. The molecule has 3 aromatic carbocycles. The molecule has 1 heterocycles. The van der Waals surface area contributed by atoms with Crippen molar-refractivity contribution < 1.29 is 22.4 Å². The van der Waals surface area contributed by atoms with Crippen molar-refractivity contribution in [3.63, 3.8) is 0 Å². The lowest BCUT2D eigenvalue weighted by Crippen LogP contribution is -2.10. The van der Waals surface area contributed by atoms with E-state index >= 15 is 0 Å². The maximum atomic E-state index is 12.7. The lowest BCUT2D eigenvalue weighted by Gasteiger charge is -2.15. The van der Waals surface area contributed by atoms with Gasteiger partial charge >= 0.3 is 6.18 Å². The minimum absolute atomic E-state index is 0.195. The van der Waals surface area contributed by atoms with E-state index in [0.29, 0.717) is 23.6 Å². The zero-order valence-electron chi connectivity index (χ0n) is 19.2. The van der Waals surface area contributed by atoms with Gasteiger partial charge in [-0.25, -0.2) is 0 Å². The summed E-state index contributed by atoms with van der Waals surface area (Å²) in [7, 11) is 0. The van der Waals surface area contributed by atoms with Crippen LogP contribution in [0, 0.1) is 6.92 Å². The Morgan fingerprint density at radius 2 is 1.63 bits per heavy atom. The molecule has 0 fully saturated rings. The van der Waals surface area contributed by atoms with Crippen molar-refractivity contribution in [3.8, 4) is 17.1 Å². The van der Waals surface area contributed by atoms with Crippen LogP contribution >= 0.6 is 15.9 Å². The van der Waals surface area contributed by atoms with E-state index in [-0.39, 0.29) is 12.5 Å². The largest absolute Gasteiger partial charge is 0.489 e. The first-order valence-corrected chi connectivity index (χ1v) is 11.8. The molecule has 0 bridgehead atoms. The molecule has 4 rings (SSSR count). The van der Waals surface area contributed by atoms with Gasteiger partial charge in [0, 0.05) is 16.6 Å². The second-order valence-electron chi connectivity index (χ2n) is 8.31. The van der Waals surface area contributed by atoms with Gasteiger partial charge in [-0.15, -0.1) is 0 Å². The van der Waals surface area contributed by atoms with E-state index in [4.69, 9.17) is 9.26 Å². The molecule has 0 saturated heterocycles. The van der Waals surface area contributed by atoms with Crippen molar-refractivity contribution in [2.45, 2.75) is 32.5 Å². The number of hydrogen-bond acceptors (Lipinski definition) is 4. The summed E-state index contributed by atoms with van der Waals surface area (Å²) in [5.41, 5.74) is 3.74. The van der Waals surface area contributed by atoms with Crippen LogP contribution in [-0.4, -0.2) is 11.7 Å². The molecular formula is C27H24BrF3N2O2. The Kier molecular flexibility index (Phi) is 7.50. The van der Waals surface area contributed by atoms with Gasteiger partial charge in [-0.2, -0.15) is 13.2 Å². The Balaban J connectivity index is 1.34. The molecule has 35 heavy (non-hydrogen) atoms. The molecule has 1 atom stereocenters. The highest BCUT2D eigenvalue weighted by Gasteiger charge is 2.29. The van der Waals surface area contributed by atoms with Crippen molar-refractivity contribution in [2.24, 2.45) is 0 Å². The zero-order chi connectivity index (χ0) is 25.0. The van der Waals surface area contributed by atoms with Gasteiger partial charge in [-0.1, -0.05) is 52.3 Å². The summed E-state index contributed by atoms with van der Waals surface area (Å²) in [6, 6.07) is 20.6. The number of halogens is 4. The summed E-state index contributed by atoms with van der Waals surface area (Å²) < 4.78 is 50.4. The second-order valence-corrected chi connectivity index (χ2v) is 9.23. The van der Waals surface area contributed by atoms with Crippen LogP contribution in [0.15, 0.2) is 81.8 Å². The van der Waals surface area contributed by atoms with Gasteiger partial charge in [0.2, 0.25) is 0 Å². The fourth-order valence-electron chi connectivity index (χ4n) is 3.60. The molecule has 1 N–H and O–H groups in total. The molecule has 1 unspecified atom stereocenters. The minimum atomic E-state index is -4.34. The smallest absolute Gasteiger partial charge is 0.416 e. The lowest BCUT2D eigenvalue weighted by atomic mass is 10.0. The number of ether oxygens (including phenoxy) is 1. The standard InChI is InChI=1S/C27H24BrF3N2O2/c1-17(15-32-25-18(2)33-35-26(25)21-5-11-23(28)12-6-21)20-7-13-24(14-8-20)34-16-19-3-9-22(10-4-19)27(29,30)31/h3-14,17,32H,15-16H2,1-2H3. The number of aromatic nitrogens is 1. The summed E-state index contributed by atoms with van der Waals surface area (Å²) in [6.07, 6.45) is -4.34. The number of rotatable bonds is 8. The first-order valence-electron chi connectivity index (χ1n) is 11.1. The number of aryl methyl sites for hydroxylation is 1.